The van der Waals surface area contributed by atoms with Gasteiger partial charge >= 0.3 is 12.1 Å². The fourth-order valence-corrected chi connectivity index (χ4v) is 7.97. The molecule has 2 fully saturated rings. The maximum absolute atomic E-state index is 14.5. The SMILES string of the molecule is C=CC1CC1(NC(=O)C1CC(OC(=O)N2CCc3ccccc3C2)CN1C(=O)C(NC(=O)NC(C)(C)C)C(C)(C)C)C(=O)NS(=O)(=O)c1ccc(OC)cc1. The smallest absolute Gasteiger partial charge is 0.410 e. The number of amides is 6. The van der Waals surface area contributed by atoms with Crippen molar-refractivity contribution in [3.05, 3.63) is 72.3 Å². The second-order valence-electron chi connectivity index (χ2n) is 16.5. The molecule has 55 heavy (non-hydrogen) atoms. The average molecular weight is 781 g/mol. The molecule has 2 aromatic rings. The summed E-state index contributed by atoms with van der Waals surface area (Å²) in [4.78, 5) is 71.7. The van der Waals surface area contributed by atoms with Crippen molar-refractivity contribution in [3.8, 4) is 5.75 Å². The predicted octanol–water partition coefficient (Wildman–Crippen LogP) is 3.24. The molecule has 5 rings (SSSR count). The summed E-state index contributed by atoms with van der Waals surface area (Å²) in [5, 5.41) is 8.30. The molecule has 1 saturated carbocycles. The number of sulfonamides is 1. The van der Waals surface area contributed by atoms with Crippen LogP contribution in [-0.4, -0.2) is 97.5 Å². The Hall–Kier alpha value is -5.12. The number of fused-ring (bicyclic) bond motifs is 1. The van der Waals surface area contributed by atoms with E-state index in [0.29, 0.717) is 25.3 Å². The number of nitrogens with zero attached hydrogens (tertiary/aromatic N) is 2. The number of urea groups is 1. The van der Waals surface area contributed by atoms with E-state index in [0.717, 1.165) is 11.1 Å². The number of methoxy groups -OCH3 is 1. The quantitative estimate of drug-likeness (QED) is 0.262. The van der Waals surface area contributed by atoms with E-state index in [1.807, 2.05) is 24.3 Å². The molecule has 4 N–H and O–H groups in total. The molecule has 298 valence electrons. The number of likely N-dealkylation sites (tertiary alicyclic amines) is 1. The van der Waals surface area contributed by atoms with Crippen molar-refractivity contribution in [2.45, 2.75) is 102 Å². The van der Waals surface area contributed by atoms with E-state index >= 15 is 0 Å². The first-order valence-electron chi connectivity index (χ1n) is 18.2. The zero-order chi connectivity index (χ0) is 40.5. The summed E-state index contributed by atoms with van der Waals surface area (Å²) < 4.78 is 39.6. The molecule has 5 atom stereocenters. The van der Waals surface area contributed by atoms with Crippen molar-refractivity contribution in [2.24, 2.45) is 11.3 Å². The minimum atomic E-state index is -4.36. The molecule has 6 amide bonds. The Bertz CT molecular complexity index is 1940. The number of rotatable bonds is 10. The molecular formula is C39H52N6O9S. The molecule has 2 aliphatic heterocycles. The molecule has 3 aliphatic rings. The fraction of sp³-hybridized carbons (Fsp3) is 0.513. The van der Waals surface area contributed by atoms with Gasteiger partial charge in [0, 0.05) is 31.0 Å². The summed E-state index contributed by atoms with van der Waals surface area (Å²) >= 11 is 0. The Kier molecular flexibility index (Phi) is 11.6. The summed E-state index contributed by atoms with van der Waals surface area (Å²) in [6.45, 7) is 15.1. The van der Waals surface area contributed by atoms with Crippen molar-refractivity contribution in [1.82, 2.24) is 30.5 Å². The lowest BCUT2D eigenvalue weighted by molar-refractivity contribution is -0.142. The van der Waals surface area contributed by atoms with Crippen molar-refractivity contribution >= 4 is 39.9 Å². The van der Waals surface area contributed by atoms with Gasteiger partial charge in [-0.05, 0) is 74.4 Å². The number of nitrogens with one attached hydrogen (secondary N) is 4. The summed E-state index contributed by atoms with van der Waals surface area (Å²) in [6, 6.07) is 10.3. The van der Waals surface area contributed by atoms with Gasteiger partial charge in [-0.3, -0.25) is 14.4 Å². The van der Waals surface area contributed by atoms with E-state index in [1.54, 1.807) is 46.4 Å². The highest BCUT2D eigenvalue weighted by atomic mass is 32.2. The molecule has 2 aromatic carbocycles. The molecule has 0 radical (unpaired) electrons. The molecule has 0 bridgehead atoms. The largest absolute Gasteiger partial charge is 0.497 e. The molecule has 1 saturated heterocycles. The van der Waals surface area contributed by atoms with Crippen LogP contribution >= 0.6 is 0 Å². The summed E-state index contributed by atoms with van der Waals surface area (Å²) in [6.07, 6.45) is 0.524. The molecule has 2 heterocycles. The maximum atomic E-state index is 14.5. The Balaban J connectivity index is 1.39. The third kappa shape index (κ3) is 9.40. The standard InChI is InChI=1S/C39H52N6O9S/c1-9-26-21-39(26,34(48)43-55(51,52)29-16-14-27(53-8)15-17-29)41-32(46)30-20-28(54-36(50)44-19-18-24-12-10-11-13-25(24)22-44)23-45(30)33(47)31(37(2,3)4)40-35(49)42-38(5,6)7/h9-17,26,28,30-31H,1,18-23H2,2-8H3,(H,41,46)(H,43,48)(H2,40,42,49). The number of hydrogen-bond acceptors (Lipinski definition) is 9. The second kappa shape index (κ2) is 15.6. The van der Waals surface area contributed by atoms with Crippen LogP contribution in [-0.2, 0) is 42.1 Å². The first-order valence-corrected chi connectivity index (χ1v) is 19.7. The van der Waals surface area contributed by atoms with E-state index in [1.165, 1.54) is 42.4 Å². The lowest BCUT2D eigenvalue weighted by atomic mass is 9.85. The van der Waals surface area contributed by atoms with Gasteiger partial charge in [0.05, 0.1) is 18.6 Å². The Morgan fingerprint density at radius 3 is 2.22 bits per heavy atom. The van der Waals surface area contributed by atoms with Gasteiger partial charge in [-0.1, -0.05) is 51.1 Å². The molecule has 15 nitrogen and oxygen atoms in total. The Morgan fingerprint density at radius 1 is 0.982 bits per heavy atom. The van der Waals surface area contributed by atoms with Crippen molar-refractivity contribution in [1.29, 1.82) is 0 Å². The lowest BCUT2D eigenvalue weighted by Crippen LogP contribution is -2.61. The van der Waals surface area contributed by atoms with Crippen molar-refractivity contribution < 1.29 is 41.9 Å². The van der Waals surface area contributed by atoms with Crippen LogP contribution in [0.4, 0.5) is 9.59 Å². The average Bonchev–Trinajstić information content (AvgIpc) is 3.67. The Labute approximate surface area is 322 Å². The molecule has 0 spiro atoms. The third-order valence-corrected chi connectivity index (χ3v) is 11.4. The highest BCUT2D eigenvalue weighted by Gasteiger charge is 2.61. The minimum absolute atomic E-state index is 0.0564. The van der Waals surface area contributed by atoms with E-state index in [4.69, 9.17) is 9.47 Å². The van der Waals surface area contributed by atoms with Crippen LogP contribution in [0.15, 0.2) is 66.1 Å². The van der Waals surface area contributed by atoms with Crippen LogP contribution in [0, 0.1) is 11.3 Å². The van der Waals surface area contributed by atoms with Crippen molar-refractivity contribution in [3.63, 3.8) is 0 Å². The minimum Gasteiger partial charge on any atom is -0.497 e. The van der Waals surface area contributed by atoms with Crippen LogP contribution in [0.2, 0.25) is 0 Å². The molecular weight excluding hydrogens is 729 g/mol. The van der Waals surface area contributed by atoms with Gasteiger partial charge in [0.15, 0.2) is 0 Å². The number of carbonyl (C=O) groups is 5. The number of benzene rings is 2. The van der Waals surface area contributed by atoms with Crippen LogP contribution in [0.1, 0.15) is 65.5 Å². The first-order chi connectivity index (χ1) is 25.7. The summed E-state index contributed by atoms with van der Waals surface area (Å²) in [5.41, 5.74) is -0.980. The zero-order valence-corrected chi connectivity index (χ0v) is 33.2. The monoisotopic (exact) mass is 780 g/mol. The first kappa shape index (κ1) is 41.1. The second-order valence-corrected chi connectivity index (χ2v) is 18.1. The summed E-state index contributed by atoms with van der Waals surface area (Å²) in [5.74, 6) is -2.53. The molecule has 0 aromatic heterocycles. The third-order valence-electron chi connectivity index (χ3n) is 10.0. The molecule has 16 heteroatoms. The van der Waals surface area contributed by atoms with Gasteiger partial charge in [0.25, 0.3) is 15.9 Å². The highest BCUT2D eigenvalue weighted by molar-refractivity contribution is 7.90. The van der Waals surface area contributed by atoms with Gasteiger partial charge in [0.2, 0.25) is 11.8 Å². The van der Waals surface area contributed by atoms with Gasteiger partial charge in [-0.2, -0.15) is 0 Å². The number of hydrogen-bond donors (Lipinski definition) is 4. The van der Waals surface area contributed by atoms with Gasteiger partial charge < -0.3 is 35.2 Å². The topological polar surface area (TPSA) is 193 Å². The maximum Gasteiger partial charge on any atom is 0.410 e. The zero-order valence-electron chi connectivity index (χ0n) is 32.4. The molecule has 5 unspecified atom stereocenters. The van der Waals surface area contributed by atoms with Crippen LogP contribution in [0.3, 0.4) is 0 Å². The van der Waals surface area contributed by atoms with E-state index < -0.39 is 80.5 Å². The Morgan fingerprint density at radius 2 is 1.64 bits per heavy atom. The lowest BCUT2D eigenvalue weighted by Gasteiger charge is -2.36. The predicted molar refractivity (Wildman–Crippen MR) is 203 cm³/mol. The van der Waals surface area contributed by atoms with Gasteiger partial charge in [-0.15, -0.1) is 6.58 Å². The number of carbonyl (C=O) groups excluding carboxylic acids is 5. The van der Waals surface area contributed by atoms with Gasteiger partial charge in [-0.25, -0.2) is 22.7 Å². The number of ether oxygens (including phenoxy) is 2. The van der Waals surface area contributed by atoms with Crippen LogP contribution in [0.5, 0.6) is 5.75 Å². The molecule has 1 aliphatic carbocycles. The van der Waals surface area contributed by atoms with Crippen molar-refractivity contribution in [2.75, 3.05) is 20.2 Å². The fourth-order valence-electron chi connectivity index (χ4n) is 6.93. The van der Waals surface area contributed by atoms with Crippen LogP contribution in [0.25, 0.3) is 0 Å². The van der Waals surface area contributed by atoms with Gasteiger partial charge in [0.1, 0.15) is 29.5 Å². The normalized spacial score (nSPS) is 22.7. The van der Waals surface area contributed by atoms with E-state index in [-0.39, 0.29) is 24.3 Å². The van der Waals surface area contributed by atoms with E-state index in [9.17, 15) is 32.4 Å². The van der Waals surface area contributed by atoms with E-state index in [2.05, 4.69) is 27.3 Å². The van der Waals surface area contributed by atoms with Crippen LogP contribution < -0.4 is 25.4 Å². The summed E-state index contributed by atoms with van der Waals surface area (Å²) in [7, 11) is -2.92. The highest BCUT2D eigenvalue weighted by Crippen LogP contribution is 2.45.